The summed E-state index contributed by atoms with van der Waals surface area (Å²) in [6.45, 7) is -3.93. The highest BCUT2D eigenvalue weighted by Crippen LogP contribution is 2.59. The lowest BCUT2D eigenvalue weighted by atomic mass is 9.99. The lowest BCUT2D eigenvalue weighted by Gasteiger charge is -2.26. The Morgan fingerprint density at radius 1 is 1.07 bits per heavy atom. The van der Waals surface area contributed by atoms with Crippen molar-refractivity contribution in [3.63, 3.8) is 0 Å². The second-order valence-electron chi connectivity index (χ2n) is 11.0. The average molecular weight is 704 g/mol. The van der Waals surface area contributed by atoms with Gasteiger partial charge in [-0.25, -0.2) is 33.9 Å². The first-order chi connectivity index (χ1) is 21.9. The number of thiol groups is 1. The molecule has 248 valence electrons. The first kappa shape index (κ1) is 31.7. The summed E-state index contributed by atoms with van der Waals surface area (Å²) in [5.41, 5.74) is 5.76. The van der Waals surface area contributed by atoms with E-state index in [9.17, 15) is 23.9 Å². The van der Waals surface area contributed by atoms with E-state index in [-0.39, 0.29) is 40.4 Å². The van der Waals surface area contributed by atoms with Crippen molar-refractivity contribution in [2.24, 2.45) is 5.92 Å². The van der Waals surface area contributed by atoms with Crippen molar-refractivity contribution in [3.05, 3.63) is 35.2 Å². The van der Waals surface area contributed by atoms with Gasteiger partial charge in [0.2, 0.25) is 0 Å². The molecule has 7 heterocycles. The van der Waals surface area contributed by atoms with Crippen LogP contribution in [0, 0.1) is 12.8 Å². The van der Waals surface area contributed by atoms with Gasteiger partial charge in [0.25, 0.3) is 5.56 Å². The lowest BCUT2D eigenvalue weighted by molar-refractivity contribution is -0.0478. The van der Waals surface area contributed by atoms with E-state index in [1.165, 1.54) is 28.1 Å². The van der Waals surface area contributed by atoms with Gasteiger partial charge in [-0.1, -0.05) is 12.2 Å². The number of nitrogens with one attached hydrogen (secondary N) is 1. The first-order valence-electron chi connectivity index (χ1n) is 13.9. The van der Waals surface area contributed by atoms with Crippen LogP contribution in [0.25, 0.3) is 22.3 Å². The SMILES string of the molecule is Cc1nc2c(ncn2C2OC3CO[P@@](=O)(S)OC4C(CCP(=O)(O)OC2C3CO)OC(n2cnc3c(N)ncnc32)C4F)c(=O)[nH]1. The van der Waals surface area contributed by atoms with Crippen LogP contribution in [0.5, 0.6) is 0 Å². The number of aliphatic hydroxyl groups is 1. The summed E-state index contributed by atoms with van der Waals surface area (Å²) in [6.07, 6.45) is -7.06. The maximum absolute atomic E-state index is 16.1. The van der Waals surface area contributed by atoms with Gasteiger partial charge in [0.05, 0.1) is 44.2 Å². The number of aromatic nitrogens is 8. The van der Waals surface area contributed by atoms with Crippen molar-refractivity contribution >= 4 is 54.8 Å². The number of H-pyrrole nitrogens is 1. The topological polar surface area (TPSA) is 254 Å². The van der Waals surface area contributed by atoms with Crippen LogP contribution in [-0.2, 0) is 32.2 Å². The summed E-state index contributed by atoms with van der Waals surface area (Å²) in [7, 11) is -4.55. The Balaban J connectivity index is 1.22. The fourth-order valence-electron chi connectivity index (χ4n) is 5.96. The minimum atomic E-state index is -4.55. The maximum atomic E-state index is 16.1. The molecule has 10 atom stereocenters. The van der Waals surface area contributed by atoms with Gasteiger partial charge in [-0.15, -0.1) is 0 Å². The molecule has 19 nitrogen and oxygen atoms in total. The minimum absolute atomic E-state index is 0.0254. The highest BCUT2D eigenvalue weighted by Gasteiger charge is 2.53. The molecule has 4 aromatic heterocycles. The fraction of sp³-hybridized carbons (Fsp3) is 0.565. The number of nitrogens with two attached hydrogens (primary N) is 1. The average Bonchev–Trinajstić information content (AvgIpc) is 3.75. The smallest absolute Gasteiger partial charge is 0.386 e. The van der Waals surface area contributed by atoms with Crippen LogP contribution in [0.15, 0.2) is 23.8 Å². The van der Waals surface area contributed by atoms with Crippen molar-refractivity contribution in [2.75, 3.05) is 25.1 Å². The monoisotopic (exact) mass is 703 g/mol. The quantitative estimate of drug-likeness (QED) is 0.147. The summed E-state index contributed by atoms with van der Waals surface area (Å²) in [5, 5.41) is 10.3. The van der Waals surface area contributed by atoms with E-state index in [0.717, 1.165) is 0 Å². The molecule has 0 spiro atoms. The van der Waals surface area contributed by atoms with Crippen LogP contribution in [0.3, 0.4) is 0 Å². The van der Waals surface area contributed by atoms with Crippen LogP contribution in [0.2, 0.25) is 0 Å². The van der Waals surface area contributed by atoms with Gasteiger partial charge in [-0.05, 0) is 13.3 Å². The molecule has 3 saturated heterocycles. The van der Waals surface area contributed by atoms with E-state index in [1.54, 1.807) is 6.92 Å². The van der Waals surface area contributed by atoms with Crippen molar-refractivity contribution in [1.29, 1.82) is 0 Å². The highest BCUT2D eigenvalue weighted by atomic mass is 32.7. The third-order valence-electron chi connectivity index (χ3n) is 8.10. The molecular formula is C23H28FN9O10P2S. The third-order valence-corrected chi connectivity index (χ3v) is 11.1. The molecule has 5 N–H and O–H groups in total. The molecule has 7 rings (SSSR count). The summed E-state index contributed by atoms with van der Waals surface area (Å²) in [5.74, 6) is -0.676. The predicted molar refractivity (Wildman–Crippen MR) is 158 cm³/mol. The number of nitrogen functional groups attached to an aromatic ring is 1. The molecule has 23 heteroatoms. The van der Waals surface area contributed by atoms with E-state index in [4.69, 9.17) is 28.8 Å². The minimum Gasteiger partial charge on any atom is -0.396 e. The molecule has 3 fully saturated rings. The molecule has 0 aromatic carbocycles. The number of aryl methyl sites for hydroxylation is 1. The molecule has 0 radical (unpaired) electrons. The maximum Gasteiger partial charge on any atom is 0.386 e. The number of alkyl halides is 1. The van der Waals surface area contributed by atoms with E-state index in [1.807, 2.05) is 0 Å². The molecule has 4 aromatic rings. The second-order valence-corrected chi connectivity index (χ2v) is 15.8. The molecule has 0 aliphatic carbocycles. The van der Waals surface area contributed by atoms with Gasteiger partial charge in [-0.2, -0.15) is 0 Å². The summed E-state index contributed by atoms with van der Waals surface area (Å²) < 4.78 is 74.7. The van der Waals surface area contributed by atoms with Crippen LogP contribution in [0.1, 0.15) is 24.7 Å². The molecular weight excluding hydrogens is 675 g/mol. The van der Waals surface area contributed by atoms with E-state index in [2.05, 4.69) is 42.2 Å². The number of aromatic amines is 1. The zero-order valence-corrected chi connectivity index (χ0v) is 26.5. The molecule has 2 bridgehead atoms. The number of rotatable bonds is 3. The summed E-state index contributed by atoms with van der Waals surface area (Å²) in [6, 6.07) is 0. The molecule has 46 heavy (non-hydrogen) atoms. The third kappa shape index (κ3) is 5.57. The van der Waals surface area contributed by atoms with Crippen molar-refractivity contribution in [3.8, 4) is 0 Å². The Hall–Kier alpha value is -2.84. The molecule has 0 saturated carbocycles. The number of imidazole rings is 2. The number of halogens is 1. The number of aliphatic hydroxyl groups excluding tert-OH is 1. The van der Waals surface area contributed by atoms with Crippen LogP contribution in [-0.4, -0.2) is 99.0 Å². The standard InChI is InChI=1S/C23H28FN9O10P2S/c1-9-30-20-15(21(35)31-9)29-8-33(20)23-16-10(4-34)12(41-23)5-39-45(38,46)43-17-11(2-3-44(36,37)42-16)40-22(13(17)24)32-7-28-14-18(25)26-6-27-19(14)32/h6-8,10-13,16-17,22-23,34H,2-5H2,1H3,(H,36,37)(H,38,46)(H2,25,26,27)(H,30,31,35)/t10?,11?,12?,13?,16?,17?,22?,23?,45-/m1/s1. The van der Waals surface area contributed by atoms with Crippen LogP contribution in [0.4, 0.5) is 10.2 Å². The molecule has 0 amide bonds. The predicted octanol–water partition coefficient (Wildman–Crippen LogP) is 1.01. The number of ether oxygens (including phenoxy) is 2. The zero-order chi connectivity index (χ0) is 32.5. The number of fused-ring (bicyclic) bond motifs is 5. The van der Waals surface area contributed by atoms with Gasteiger partial charge >= 0.3 is 14.4 Å². The molecule has 9 unspecified atom stereocenters. The second kappa shape index (κ2) is 11.7. The molecule has 3 aliphatic rings. The number of hydrogen-bond acceptors (Lipinski definition) is 15. The van der Waals surface area contributed by atoms with Crippen LogP contribution < -0.4 is 11.3 Å². The summed E-state index contributed by atoms with van der Waals surface area (Å²) >= 11 is 4.06. The van der Waals surface area contributed by atoms with E-state index < -0.39 is 88.3 Å². The van der Waals surface area contributed by atoms with Crippen LogP contribution >= 0.6 is 26.6 Å². The molecule has 3 aliphatic heterocycles. The normalized spacial score (nSPS) is 37.2. The van der Waals surface area contributed by atoms with Gasteiger partial charge in [0.15, 0.2) is 41.3 Å². The Labute approximate surface area is 262 Å². The van der Waals surface area contributed by atoms with Gasteiger partial charge in [-0.3, -0.25) is 27.5 Å². The Morgan fingerprint density at radius 3 is 2.54 bits per heavy atom. The van der Waals surface area contributed by atoms with Gasteiger partial charge in [0.1, 0.15) is 29.9 Å². The van der Waals surface area contributed by atoms with Gasteiger partial charge < -0.3 is 34.7 Å². The lowest BCUT2D eigenvalue weighted by Crippen LogP contribution is -2.33. The number of nitrogens with zero attached hydrogens (tertiary/aromatic N) is 7. The van der Waals surface area contributed by atoms with E-state index >= 15 is 4.39 Å². The Bertz CT molecular complexity index is 1960. The summed E-state index contributed by atoms with van der Waals surface area (Å²) in [4.78, 5) is 46.6. The fourth-order valence-corrected chi connectivity index (χ4v) is 8.77. The highest BCUT2D eigenvalue weighted by molar-refractivity contribution is 8.44. The zero-order valence-electron chi connectivity index (χ0n) is 23.8. The van der Waals surface area contributed by atoms with E-state index in [0.29, 0.717) is 0 Å². The first-order valence-corrected chi connectivity index (χ1v) is 18.4. The number of anilines is 1. The van der Waals surface area contributed by atoms with Crippen molar-refractivity contribution in [2.45, 2.75) is 56.4 Å². The van der Waals surface area contributed by atoms with Gasteiger partial charge in [0, 0.05) is 5.92 Å². The van der Waals surface area contributed by atoms with Crippen molar-refractivity contribution < 1.29 is 46.6 Å². The Morgan fingerprint density at radius 2 is 1.78 bits per heavy atom. The number of hydrogen-bond donors (Lipinski definition) is 5. The largest absolute Gasteiger partial charge is 0.396 e. The Kier molecular flexibility index (Phi) is 8.07. The van der Waals surface area contributed by atoms with Crippen molar-refractivity contribution in [1.82, 2.24) is 39.0 Å².